The third-order valence-corrected chi connectivity index (χ3v) is 3.08. The summed E-state index contributed by atoms with van der Waals surface area (Å²) in [6.07, 6.45) is 3.20. The van der Waals surface area contributed by atoms with E-state index in [1.807, 2.05) is 0 Å². The molecule has 1 aliphatic carbocycles. The maximum absolute atomic E-state index is 13.5. The van der Waals surface area contributed by atoms with E-state index in [1.165, 1.54) is 0 Å². The van der Waals surface area contributed by atoms with Gasteiger partial charge in [0.2, 0.25) is 0 Å². The van der Waals surface area contributed by atoms with Gasteiger partial charge in [-0.3, -0.25) is 0 Å². The fourth-order valence-corrected chi connectivity index (χ4v) is 2.13. The van der Waals surface area contributed by atoms with Crippen molar-refractivity contribution in [3.63, 3.8) is 0 Å². The first-order chi connectivity index (χ1) is 8.56. The first-order valence-corrected chi connectivity index (χ1v) is 5.58. The Hall–Kier alpha value is -1.77. The molecule has 18 heavy (non-hydrogen) atoms. The summed E-state index contributed by atoms with van der Waals surface area (Å²) in [7, 11) is 0. The summed E-state index contributed by atoms with van der Waals surface area (Å²) in [5, 5.41) is 10.9. The number of hydrogen-bond acceptors (Lipinski definition) is 2. The zero-order chi connectivity index (χ0) is 13.3. The van der Waals surface area contributed by atoms with Crippen molar-refractivity contribution < 1.29 is 17.6 Å². The van der Waals surface area contributed by atoms with Crippen LogP contribution >= 0.6 is 0 Å². The van der Waals surface area contributed by atoms with Crippen LogP contribution in [0.15, 0.2) is 0 Å². The van der Waals surface area contributed by atoms with Crippen LogP contribution in [0.4, 0.5) is 23.2 Å². The van der Waals surface area contributed by atoms with Crippen molar-refractivity contribution in [1.82, 2.24) is 0 Å². The third kappa shape index (κ3) is 2.01. The van der Waals surface area contributed by atoms with E-state index in [0.717, 1.165) is 18.9 Å². The molecule has 0 aromatic heterocycles. The quantitative estimate of drug-likeness (QED) is 0.651. The summed E-state index contributed by atoms with van der Waals surface area (Å²) < 4.78 is 53.8. The number of nitriles is 1. The van der Waals surface area contributed by atoms with Crippen LogP contribution in [0, 0.1) is 34.6 Å². The van der Waals surface area contributed by atoms with Crippen molar-refractivity contribution in [3.05, 3.63) is 28.8 Å². The van der Waals surface area contributed by atoms with Gasteiger partial charge in [0.25, 0.3) is 0 Å². The number of anilines is 1. The fourth-order valence-electron chi connectivity index (χ4n) is 2.13. The van der Waals surface area contributed by atoms with Gasteiger partial charge >= 0.3 is 0 Å². The van der Waals surface area contributed by atoms with Crippen LogP contribution in [0.25, 0.3) is 0 Å². The molecule has 0 radical (unpaired) electrons. The highest BCUT2D eigenvalue weighted by Crippen LogP contribution is 2.30. The molecule has 1 aromatic rings. The molecule has 1 aliphatic rings. The lowest BCUT2D eigenvalue weighted by Gasteiger charge is -2.16. The molecule has 1 aromatic carbocycles. The van der Waals surface area contributed by atoms with Crippen molar-refractivity contribution in [3.8, 4) is 6.07 Å². The van der Waals surface area contributed by atoms with E-state index in [4.69, 9.17) is 5.26 Å². The molecule has 0 heterocycles. The number of hydrogen-bond donors (Lipinski definition) is 1. The van der Waals surface area contributed by atoms with Gasteiger partial charge in [-0.1, -0.05) is 12.8 Å². The summed E-state index contributed by atoms with van der Waals surface area (Å²) in [5.74, 6) is -6.40. The average molecular weight is 258 g/mol. The van der Waals surface area contributed by atoms with Gasteiger partial charge in [-0.2, -0.15) is 5.26 Å². The van der Waals surface area contributed by atoms with Crippen molar-refractivity contribution in [2.45, 2.75) is 31.7 Å². The number of nitrogens with one attached hydrogen (secondary N) is 1. The second kappa shape index (κ2) is 4.84. The SMILES string of the molecule is N#Cc1c(F)c(F)c(NC2CCCC2)c(F)c1F. The number of halogens is 4. The summed E-state index contributed by atoms with van der Waals surface area (Å²) in [6.45, 7) is 0. The molecule has 0 aliphatic heterocycles. The van der Waals surface area contributed by atoms with Gasteiger partial charge in [-0.15, -0.1) is 0 Å². The standard InChI is InChI=1S/C12H10F4N2/c13-8-7(5-17)9(14)11(16)12(10(8)15)18-6-3-1-2-4-6/h6,18H,1-4H2. The molecule has 0 bridgehead atoms. The topological polar surface area (TPSA) is 35.8 Å². The molecule has 6 heteroatoms. The van der Waals surface area contributed by atoms with E-state index in [9.17, 15) is 17.6 Å². The normalized spacial score (nSPS) is 15.7. The van der Waals surface area contributed by atoms with Crippen LogP contribution in [-0.4, -0.2) is 6.04 Å². The maximum atomic E-state index is 13.5. The van der Waals surface area contributed by atoms with Crippen molar-refractivity contribution in [1.29, 1.82) is 5.26 Å². The summed E-state index contributed by atoms with van der Waals surface area (Å²) in [5.41, 5.74) is -2.06. The van der Waals surface area contributed by atoms with Gasteiger partial charge in [-0.05, 0) is 12.8 Å². The second-order valence-electron chi connectivity index (χ2n) is 4.24. The fraction of sp³-hybridized carbons (Fsp3) is 0.417. The lowest BCUT2D eigenvalue weighted by atomic mass is 10.1. The lowest BCUT2D eigenvalue weighted by molar-refractivity contribution is 0.452. The van der Waals surface area contributed by atoms with Crippen LogP contribution in [0.5, 0.6) is 0 Å². The van der Waals surface area contributed by atoms with Gasteiger partial charge in [0, 0.05) is 6.04 Å². The predicted molar refractivity (Wildman–Crippen MR) is 56.9 cm³/mol. The Morgan fingerprint density at radius 3 is 1.89 bits per heavy atom. The van der Waals surface area contributed by atoms with E-state index < -0.39 is 34.5 Å². The van der Waals surface area contributed by atoms with Gasteiger partial charge in [-0.25, -0.2) is 17.6 Å². The Kier molecular flexibility index (Phi) is 3.41. The number of rotatable bonds is 2. The summed E-state index contributed by atoms with van der Waals surface area (Å²) >= 11 is 0. The minimum absolute atomic E-state index is 0.194. The lowest BCUT2D eigenvalue weighted by Crippen LogP contribution is -2.18. The Morgan fingerprint density at radius 2 is 1.44 bits per heavy atom. The zero-order valence-corrected chi connectivity index (χ0v) is 9.36. The van der Waals surface area contributed by atoms with Gasteiger partial charge in [0.15, 0.2) is 23.3 Å². The van der Waals surface area contributed by atoms with Gasteiger partial charge in [0.1, 0.15) is 17.3 Å². The zero-order valence-electron chi connectivity index (χ0n) is 9.36. The largest absolute Gasteiger partial charge is 0.377 e. The number of nitrogens with zero attached hydrogens (tertiary/aromatic N) is 1. The Labute approximate surface area is 101 Å². The maximum Gasteiger partial charge on any atom is 0.186 e. The van der Waals surface area contributed by atoms with E-state index >= 15 is 0 Å². The monoisotopic (exact) mass is 258 g/mol. The predicted octanol–water partition coefficient (Wildman–Crippen LogP) is 3.47. The first kappa shape index (κ1) is 12.7. The Morgan fingerprint density at radius 1 is 0.944 bits per heavy atom. The highest BCUT2D eigenvalue weighted by atomic mass is 19.2. The van der Waals surface area contributed by atoms with Crippen LogP contribution < -0.4 is 5.32 Å². The average Bonchev–Trinajstić information content (AvgIpc) is 2.86. The second-order valence-corrected chi connectivity index (χ2v) is 4.24. The molecule has 2 rings (SSSR count). The summed E-state index contributed by atoms with van der Waals surface area (Å²) in [4.78, 5) is 0. The molecule has 0 amide bonds. The molecule has 0 spiro atoms. The molecule has 0 saturated heterocycles. The van der Waals surface area contributed by atoms with E-state index in [1.54, 1.807) is 0 Å². The molecule has 1 N–H and O–H groups in total. The molecule has 96 valence electrons. The van der Waals surface area contributed by atoms with E-state index in [2.05, 4.69) is 5.32 Å². The molecule has 0 unspecified atom stereocenters. The third-order valence-electron chi connectivity index (χ3n) is 3.08. The minimum atomic E-state index is -1.66. The van der Waals surface area contributed by atoms with Crippen LogP contribution in [-0.2, 0) is 0 Å². The minimum Gasteiger partial charge on any atom is -0.377 e. The first-order valence-electron chi connectivity index (χ1n) is 5.58. The van der Waals surface area contributed by atoms with E-state index in [-0.39, 0.29) is 6.04 Å². The molecular weight excluding hydrogens is 248 g/mol. The molecule has 2 nitrogen and oxygen atoms in total. The summed E-state index contributed by atoms with van der Waals surface area (Å²) in [6, 6.07) is 0.915. The number of benzene rings is 1. The van der Waals surface area contributed by atoms with Crippen LogP contribution in [0.3, 0.4) is 0 Å². The van der Waals surface area contributed by atoms with Crippen LogP contribution in [0.1, 0.15) is 31.2 Å². The highest BCUT2D eigenvalue weighted by Gasteiger charge is 2.27. The molecule has 0 atom stereocenters. The van der Waals surface area contributed by atoms with Crippen LogP contribution in [0.2, 0.25) is 0 Å². The van der Waals surface area contributed by atoms with E-state index in [0.29, 0.717) is 12.8 Å². The van der Waals surface area contributed by atoms with Crippen molar-refractivity contribution in [2.75, 3.05) is 5.32 Å². The highest BCUT2D eigenvalue weighted by molar-refractivity contribution is 5.52. The smallest absolute Gasteiger partial charge is 0.186 e. The Bertz CT molecular complexity index is 487. The van der Waals surface area contributed by atoms with Crippen molar-refractivity contribution >= 4 is 5.69 Å². The molecule has 1 saturated carbocycles. The van der Waals surface area contributed by atoms with Crippen molar-refractivity contribution in [2.24, 2.45) is 0 Å². The molecule has 1 fully saturated rings. The Balaban J connectivity index is 2.44. The molecular formula is C12H10F4N2. The van der Waals surface area contributed by atoms with Gasteiger partial charge < -0.3 is 5.32 Å². The van der Waals surface area contributed by atoms with Gasteiger partial charge in [0.05, 0.1) is 0 Å².